The highest BCUT2D eigenvalue weighted by Crippen LogP contribution is 2.28. The first-order valence-corrected chi connectivity index (χ1v) is 11.2. The van der Waals surface area contributed by atoms with Gasteiger partial charge in [0.05, 0.1) is 22.6 Å². The number of halogens is 1. The van der Waals surface area contributed by atoms with Crippen LogP contribution in [0.2, 0.25) is 5.15 Å². The van der Waals surface area contributed by atoms with Crippen LogP contribution < -0.4 is 20.5 Å². The van der Waals surface area contributed by atoms with Gasteiger partial charge in [-0.05, 0) is 37.6 Å². The number of amides is 1. The number of aryl methyl sites for hydroxylation is 1. The molecule has 2 N–H and O–H groups in total. The van der Waals surface area contributed by atoms with Crippen LogP contribution in [0.4, 0.5) is 11.6 Å². The van der Waals surface area contributed by atoms with Crippen LogP contribution >= 0.6 is 23.5 Å². The summed E-state index contributed by atoms with van der Waals surface area (Å²) >= 11 is 7.20. The summed E-state index contributed by atoms with van der Waals surface area (Å²) in [6.45, 7) is 3.89. The summed E-state index contributed by atoms with van der Waals surface area (Å²) in [7, 11) is 5.40. The number of hydrogen-bond donors (Lipinski definition) is 2. The van der Waals surface area contributed by atoms with Crippen molar-refractivity contribution in [1.82, 2.24) is 19.3 Å². The van der Waals surface area contributed by atoms with E-state index in [9.17, 15) is 9.59 Å². The smallest absolute Gasteiger partial charge is 0.281 e. The van der Waals surface area contributed by atoms with Gasteiger partial charge in [0.25, 0.3) is 11.5 Å². The van der Waals surface area contributed by atoms with Gasteiger partial charge < -0.3 is 10.2 Å². The number of benzene rings is 1. The van der Waals surface area contributed by atoms with E-state index in [1.807, 2.05) is 40.1 Å². The summed E-state index contributed by atoms with van der Waals surface area (Å²) in [4.78, 5) is 36.2. The lowest BCUT2D eigenvalue weighted by Crippen LogP contribution is -2.27. The Labute approximate surface area is 190 Å². The van der Waals surface area contributed by atoms with Crippen molar-refractivity contribution in [2.75, 3.05) is 30.6 Å². The van der Waals surface area contributed by atoms with E-state index in [1.165, 1.54) is 16.5 Å². The van der Waals surface area contributed by atoms with Gasteiger partial charge in [0.1, 0.15) is 5.15 Å². The molecule has 3 rings (SSSR count). The molecule has 0 saturated carbocycles. The summed E-state index contributed by atoms with van der Waals surface area (Å²) in [6, 6.07) is 6.93. The van der Waals surface area contributed by atoms with Gasteiger partial charge in [0, 0.05) is 33.0 Å². The molecule has 0 bridgehead atoms. The van der Waals surface area contributed by atoms with Gasteiger partial charge in [0.15, 0.2) is 5.69 Å². The Kier molecular flexibility index (Phi) is 6.76. The Morgan fingerprint density at radius 3 is 2.61 bits per heavy atom. The van der Waals surface area contributed by atoms with Gasteiger partial charge in [-0.1, -0.05) is 29.6 Å². The summed E-state index contributed by atoms with van der Waals surface area (Å²) in [5.41, 5.74) is 3.04. The molecule has 0 aliphatic heterocycles. The molecule has 1 unspecified atom stereocenters. The predicted molar refractivity (Wildman–Crippen MR) is 128 cm³/mol. The van der Waals surface area contributed by atoms with Crippen LogP contribution in [-0.2, 0) is 7.05 Å². The zero-order valence-corrected chi connectivity index (χ0v) is 19.9. The maximum atomic E-state index is 13.0. The molecular formula is C21H25ClN6O2S. The monoisotopic (exact) mass is 460 g/mol. The van der Waals surface area contributed by atoms with Gasteiger partial charge >= 0.3 is 0 Å². The molecule has 164 valence electrons. The molecule has 2 aromatic heterocycles. The molecule has 0 aliphatic carbocycles. The second-order valence-electron chi connectivity index (χ2n) is 7.45. The molecule has 8 nitrogen and oxygen atoms in total. The van der Waals surface area contributed by atoms with Crippen LogP contribution in [0.1, 0.15) is 34.6 Å². The maximum absolute atomic E-state index is 13.0. The molecule has 3 aromatic rings. The van der Waals surface area contributed by atoms with Crippen molar-refractivity contribution >= 4 is 52.0 Å². The number of carbonyl (C=O) groups excluding carboxylic acids is 1. The molecule has 31 heavy (non-hydrogen) atoms. The van der Waals surface area contributed by atoms with E-state index in [-0.39, 0.29) is 28.4 Å². The van der Waals surface area contributed by atoms with Crippen molar-refractivity contribution in [1.29, 1.82) is 0 Å². The molecule has 1 aromatic carbocycles. The van der Waals surface area contributed by atoms with E-state index in [4.69, 9.17) is 16.6 Å². The largest absolute Gasteiger partial charge is 0.377 e. The third-order valence-electron chi connectivity index (χ3n) is 4.84. The quantitative estimate of drug-likeness (QED) is 0.429. The van der Waals surface area contributed by atoms with Gasteiger partial charge in [-0.3, -0.25) is 18.9 Å². The van der Waals surface area contributed by atoms with Gasteiger partial charge in [-0.15, -0.1) is 0 Å². The zero-order valence-electron chi connectivity index (χ0n) is 18.3. The number of aromatic nitrogens is 3. The third-order valence-corrected chi connectivity index (χ3v) is 5.44. The van der Waals surface area contributed by atoms with Crippen LogP contribution in [0.3, 0.4) is 0 Å². The first-order chi connectivity index (χ1) is 14.6. The first-order valence-electron chi connectivity index (χ1n) is 9.59. The molecule has 2 heterocycles. The Morgan fingerprint density at radius 1 is 1.26 bits per heavy atom. The number of anilines is 2. The zero-order chi connectivity index (χ0) is 22.9. The van der Waals surface area contributed by atoms with Gasteiger partial charge in [-0.25, -0.2) is 9.97 Å². The van der Waals surface area contributed by atoms with Crippen molar-refractivity contribution in [3.8, 4) is 0 Å². The lowest BCUT2D eigenvalue weighted by molar-refractivity contribution is 0.0980. The van der Waals surface area contributed by atoms with E-state index in [0.717, 1.165) is 11.1 Å². The highest BCUT2D eigenvalue weighted by Gasteiger charge is 2.20. The molecule has 0 spiro atoms. The van der Waals surface area contributed by atoms with Crippen molar-refractivity contribution in [3.05, 3.63) is 56.6 Å². The van der Waals surface area contributed by atoms with Crippen LogP contribution in [0.15, 0.2) is 29.1 Å². The average molecular weight is 461 g/mol. The minimum atomic E-state index is -0.347. The number of pyridine rings is 1. The Hall–Kier alpha value is -2.78. The predicted octanol–water partition coefficient (Wildman–Crippen LogP) is 3.54. The number of nitrogens with one attached hydrogen (secondary N) is 2. The summed E-state index contributed by atoms with van der Waals surface area (Å²) in [5.74, 6) is 0.212. The lowest BCUT2D eigenvalue weighted by Gasteiger charge is -2.21. The molecular weight excluding hydrogens is 436 g/mol. The summed E-state index contributed by atoms with van der Waals surface area (Å²) in [5, 5.41) is 4.12. The number of rotatable bonds is 6. The van der Waals surface area contributed by atoms with Gasteiger partial charge in [-0.2, -0.15) is 0 Å². The highest BCUT2D eigenvalue weighted by atomic mass is 35.5. The fraction of sp³-hybridized carbons (Fsp3) is 0.333. The normalized spacial score (nSPS) is 12.0. The topological polar surface area (TPSA) is 92.2 Å². The van der Waals surface area contributed by atoms with Crippen molar-refractivity contribution < 1.29 is 4.79 Å². The van der Waals surface area contributed by atoms with Crippen molar-refractivity contribution in [2.45, 2.75) is 19.9 Å². The van der Waals surface area contributed by atoms with Crippen LogP contribution in [0, 0.1) is 6.92 Å². The molecule has 0 saturated heterocycles. The molecule has 1 atom stereocenters. The van der Waals surface area contributed by atoms with E-state index < -0.39 is 0 Å². The van der Waals surface area contributed by atoms with Crippen LogP contribution in [0.5, 0.6) is 0 Å². The SMILES string of the molecule is CSNC(=O)c1nc(Cl)ccc1NC(C)c1cc(C)cc2c(=O)n(C)c(N(C)C)nc12. The third kappa shape index (κ3) is 4.62. The fourth-order valence-electron chi connectivity index (χ4n) is 3.45. The average Bonchev–Trinajstić information content (AvgIpc) is 2.71. The summed E-state index contributed by atoms with van der Waals surface area (Å²) in [6.07, 6.45) is 1.76. The highest BCUT2D eigenvalue weighted by molar-refractivity contribution is 7.97. The molecule has 1 amide bonds. The molecule has 0 fully saturated rings. The number of fused-ring (bicyclic) bond motifs is 1. The van der Waals surface area contributed by atoms with Crippen molar-refractivity contribution in [3.63, 3.8) is 0 Å². The second kappa shape index (κ2) is 9.15. The Balaban J connectivity index is 2.13. The van der Waals surface area contributed by atoms with Gasteiger partial charge in [0.2, 0.25) is 5.95 Å². The van der Waals surface area contributed by atoms with Crippen LogP contribution in [-0.4, -0.2) is 40.8 Å². The Bertz CT molecular complexity index is 1210. The minimum Gasteiger partial charge on any atom is -0.377 e. The van der Waals surface area contributed by atoms with E-state index in [0.29, 0.717) is 22.5 Å². The number of hydrogen-bond acceptors (Lipinski definition) is 7. The van der Waals surface area contributed by atoms with E-state index in [1.54, 1.807) is 30.3 Å². The number of nitrogens with zero attached hydrogens (tertiary/aromatic N) is 4. The maximum Gasteiger partial charge on any atom is 0.281 e. The first kappa shape index (κ1) is 22.9. The number of carbonyl (C=O) groups is 1. The van der Waals surface area contributed by atoms with Crippen molar-refractivity contribution in [2.24, 2.45) is 7.05 Å². The van der Waals surface area contributed by atoms with Crippen LogP contribution in [0.25, 0.3) is 10.9 Å². The summed E-state index contributed by atoms with van der Waals surface area (Å²) < 4.78 is 4.21. The van der Waals surface area contributed by atoms with E-state index >= 15 is 0 Å². The van der Waals surface area contributed by atoms with E-state index in [2.05, 4.69) is 15.0 Å². The molecule has 10 heteroatoms. The minimum absolute atomic E-state index is 0.112. The lowest BCUT2D eigenvalue weighted by atomic mass is 10.0. The molecule has 0 radical (unpaired) electrons. The molecule has 0 aliphatic rings. The Morgan fingerprint density at radius 2 is 1.97 bits per heavy atom. The second-order valence-corrected chi connectivity index (χ2v) is 8.45. The fourth-order valence-corrected chi connectivity index (χ4v) is 3.88. The standard InChI is InChI=1S/C21H25ClN6O2S/c1-11-9-13(17-14(10-11)20(30)28(5)21(25-17)27(3)4)12(2)23-15-7-8-16(22)24-18(15)19(29)26-31-6/h7-10,12,23H,1-6H3,(H,26,29).